The summed E-state index contributed by atoms with van der Waals surface area (Å²) in [7, 11) is -3.37. The first-order valence-electron chi connectivity index (χ1n) is 4.58. The Morgan fingerprint density at radius 3 is 3.00 bits per heavy atom. The maximum Gasteiger partial charge on any atom is 0.204 e. The molecule has 0 aliphatic carbocycles. The van der Waals surface area contributed by atoms with E-state index in [4.69, 9.17) is 5.41 Å². The van der Waals surface area contributed by atoms with Crippen LogP contribution in [0.15, 0.2) is 11.1 Å². The number of hydrogen-bond acceptors (Lipinski definition) is 5. The second-order valence-electron chi connectivity index (χ2n) is 3.50. The average Bonchev–Trinajstić information content (AvgIpc) is 2.16. The zero-order valence-electron chi connectivity index (χ0n) is 8.32. The van der Waals surface area contributed by atoms with E-state index in [1.807, 2.05) is 0 Å². The van der Waals surface area contributed by atoms with Gasteiger partial charge in [0.05, 0.1) is 6.20 Å². The summed E-state index contributed by atoms with van der Waals surface area (Å²) in [6.07, 6.45) is 3.20. The van der Waals surface area contributed by atoms with Gasteiger partial charge in [0.15, 0.2) is 9.84 Å². The fraction of sp³-hybridized carbons (Fsp3) is 0.500. The van der Waals surface area contributed by atoms with E-state index in [1.165, 1.54) is 6.20 Å². The van der Waals surface area contributed by atoms with E-state index in [2.05, 4.69) is 10.3 Å². The topological polar surface area (TPSA) is 87.8 Å². The van der Waals surface area contributed by atoms with Crippen molar-refractivity contribution >= 4 is 15.8 Å². The summed E-state index contributed by atoms with van der Waals surface area (Å²) >= 11 is 0. The van der Waals surface area contributed by atoms with E-state index in [0.29, 0.717) is 12.5 Å². The monoisotopic (exact) mass is 228 g/mol. The van der Waals surface area contributed by atoms with Crippen LogP contribution < -0.4 is 10.8 Å². The number of anilines is 1. The predicted octanol–water partition coefficient (Wildman–Crippen LogP) is -0.418. The average molecular weight is 228 g/mol. The van der Waals surface area contributed by atoms with Gasteiger partial charge in [0.25, 0.3) is 0 Å². The third kappa shape index (κ3) is 1.74. The molecule has 0 spiro atoms. The molecule has 7 heteroatoms. The van der Waals surface area contributed by atoms with Crippen molar-refractivity contribution in [1.29, 1.82) is 5.41 Å². The largest absolute Gasteiger partial charge is 0.356 e. The summed E-state index contributed by atoms with van der Waals surface area (Å²) in [6.45, 7) is 1.45. The van der Waals surface area contributed by atoms with Gasteiger partial charge in [-0.25, -0.2) is 13.4 Å². The first kappa shape index (κ1) is 10.2. The van der Waals surface area contributed by atoms with Gasteiger partial charge in [0.2, 0.25) is 5.95 Å². The Hall–Kier alpha value is -1.37. The Labute approximate surface area is 87.4 Å². The highest BCUT2D eigenvalue weighted by molar-refractivity contribution is 7.90. The molecule has 0 fully saturated rings. The lowest BCUT2D eigenvalue weighted by molar-refractivity contribution is 0.560. The standard InChI is InChI=1S/C8H12N4O2S/c1-15(13,14)6-5-11-8-10-3-2-4-12(8)7(6)9/h5,9H,2-4H2,1H3,(H,10,11). The zero-order valence-corrected chi connectivity index (χ0v) is 9.13. The van der Waals surface area contributed by atoms with Crippen LogP contribution in [0, 0.1) is 5.41 Å². The highest BCUT2D eigenvalue weighted by Gasteiger charge is 2.16. The van der Waals surface area contributed by atoms with Crippen LogP contribution in [0.25, 0.3) is 0 Å². The van der Waals surface area contributed by atoms with Crippen LogP contribution in [0.2, 0.25) is 0 Å². The smallest absolute Gasteiger partial charge is 0.204 e. The van der Waals surface area contributed by atoms with Crippen LogP contribution in [-0.2, 0) is 16.4 Å². The fourth-order valence-corrected chi connectivity index (χ4v) is 2.26. The van der Waals surface area contributed by atoms with Gasteiger partial charge in [-0.05, 0) is 6.42 Å². The van der Waals surface area contributed by atoms with E-state index >= 15 is 0 Å². The Kier molecular flexibility index (Phi) is 2.26. The van der Waals surface area contributed by atoms with Crippen LogP contribution in [0.1, 0.15) is 6.42 Å². The number of hydrogen-bond donors (Lipinski definition) is 2. The van der Waals surface area contributed by atoms with Crippen molar-refractivity contribution in [2.75, 3.05) is 18.1 Å². The Bertz CT molecular complexity index is 546. The molecular weight excluding hydrogens is 216 g/mol. The zero-order chi connectivity index (χ0) is 11.1. The molecular formula is C8H12N4O2S. The van der Waals surface area contributed by atoms with Gasteiger partial charge in [-0.3, -0.25) is 9.98 Å². The molecule has 1 aromatic rings. The maximum absolute atomic E-state index is 11.3. The number of nitrogens with zero attached hydrogens (tertiary/aromatic N) is 2. The number of rotatable bonds is 1. The second-order valence-corrected chi connectivity index (χ2v) is 5.48. The molecule has 1 aliphatic heterocycles. The Morgan fingerprint density at radius 2 is 2.33 bits per heavy atom. The minimum atomic E-state index is -3.37. The third-order valence-corrected chi connectivity index (χ3v) is 3.40. The fourth-order valence-electron chi connectivity index (χ4n) is 1.56. The van der Waals surface area contributed by atoms with Crippen molar-refractivity contribution in [3.63, 3.8) is 0 Å². The lowest BCUT2D eigenvalue weighted by Gasteiger charge is -2.20. The first-order valence-corrected chi connectivity index (χ1v) is 6.47. The molecule has 0 radical (unpaired) electrons. The molecule has 0 atom stereocenters. The van der Waals surface area contributed by atoms with Crippen molar-refractivity contribution < 1.29 is 8.42 Å². The van der Waals surface area contributed by atoms with Crippen molar-refractivity contribution in [2.45, 2.75) is 17.9 Å². The second kappa shape index (κ2) is 3.34. The van der Waals surface area contributed by atoms with Crippen molar-refractivity contribution in [3.05, 3.63) is 11.7 Å². The Morgan fingerprint density at radius 1 is 1.60 bits per heavy atom. The third-order valence-electron chi connectivity index (χ3n) is 2.30. The van der Waals surface area contributed by atoms with Gasteiger partial charge in [-0.1, -0.05) is 0 Å². The highest BCUT2D eigenvalue weighted by Crippen LogP contribution is 2.09. The Balaban J connectivity index is 2.69. The number of nitrogens with one attached hydrogen (secondary N) is 2. The lowest BCUT2D eigenvalue weighted by Crippen LogP contribution is -2.33. The van der Waals surface area contributed by atoms with E-state index in [9.17, 15) is 8.42 Å². The molecule has 0 aromatic carbocycles. The molecule has 2 rings (SSSR count). The number of fused-ring (bicyclic) bond motifs is 1. The summed E-state index contributed by atoms with van der Waals surface area (Å²) in [4.78, 5) is 3.98. The van der Waals surface area contributed by atoms with Gasteiger partial charge in [-0.15, -0.1) is 0 Å². The quantitative estimate of drug-likeness (QED) is 0.683. The van der Waals surface area contributed by atoms with Gasteiger partial charge < -0.3 is 5.32 Å². The van der Waals surface area contributed by atoms with Crippen LogP contribution in [0.3, 0.4) is 0 Å². The van der Waals surface area contributed by atoms with Crippen molar-refractivity contribution in [1.82, 2.24) is 9.55 Å². The minimum Gasteiger partial charge on any atom is -0.356 e. The van der Waals surface area contributed by atoms with E-state index in [-0.39, 0.29) is 10.4 Å². The predicted molar refractivity (Wildman–Crippen MR) is 54.3 cm³/mol. The molecule has 82 valence electrons. The summed E-state index contributed by atoms with van der Waals surface area (Å²) in [5.74, 6) is 0.568. The molecule has 15 heavy (non-hydrogen) atoms. The molecule has 0 saturated heterocycles. The van der Waals surface area contributed by atoms with Crippen LogP contribution in [0.4, 0.5) is 5.95 Å². The first-order chi connectivity index (χ1) is 7.00. The van der Waals surface area contributed by atoms with Crippen molar-refractivity contribution in [2.24, 2.45) is 0 Å². The normalized spacial score (nSPS) is 15.5. The molecule has 0 bridgehead atoms. The summed E-state index contributed by atoms with van der Waals surface area (Å²) in [5, 5.41) is 10.8. The van der Waals surface area contributed by atoms with Gasteiger partial charge >= 0.3 is 0 Å². The molecule has 6 nitrogen and oxygen atoms in total. The number of aromatic nitrogens is 2. The summed E-state index contributed by atoms with van der Waals surface area (Å²) in [6, 6.07) is 0. The van der Waals surface area contributed by atoms with Gasteiger partial charge in [-0.2, -0.15) is 0 Å². The van der Waals surface area contributed by atoms with E-state index in [0.717, 1.165) is 19.2 Å². The lowest BCUT2D eigenvalue weighted by atomic mass is 10.3. The van der Waals surface area contributed by atoms with Crippen LogP contribution >= 0.6 is 0 Å². The maximum atomic E-state index is 11.3. The molecule has 0 saturated carbocycles. The minimum absolute atomic E-state index is 0.00898. The van der Waals surface area contributed by atoms with Crippen molar-refractivity contribution in [3.8, 4) is 0 Å². The molecule has 2 N–H and O–H groups in total. The van der Waals surface area contributed by atoms with Crippen LogP contribution in [-0.4, -0.2) is 30.8 Å². The molecule has 2 heterocycles. The molecule has 0 unspecified atom stereocenters. The molecule has 1 aromatic heterocycles. The molecule has 1 aliphatic rings. The van der Waals surface area contributed by atoms with E-state index in [1.54, 1.807) is 4.57 Å². The number of sulfone groups is 1. The summed E-state index contributed by atoms with van der Waals surface area (Å²) < 4.78 is 24.3. The highest BCUT2D eigenvalue weighted by atomic mass is 32.2. The SMILES string of the molecule is CS(=O)(=O)c1cnc2n(c1=N)CCCN2. The van der Waals surface area contributed by atoms with E-state index < -0.39 is 9.84 Å². The van der Waals surface area contributed by atoms with Crippen LogP contribution in [0.5, 0.6) is 0 Å². The summed E-state index contributed by atoms with van der Waals surface area (Å²) in [5.41, 5.74) is 0.00898. The van der Waals surface area contributed by atoms with Gasteiger partial charge in [0.1, 0.15) is 10.4 Å². The molecule has 0 amide bonds. The van der Waals surface area contributed by atoms with Gasteiger partial charge in [0, 0.05) is 19.3 Å².